The summed E-state index contributed by atoms with van der Waals surface area (Å²) in [5.41, 5.74) is 1.22. The Hall–Kier alpha value is -3.47. The number of pyridine rings is 1. The molecule has 0 bridgehead atoms. The number of alkyl halides is 3. The number of anilines is 1. The minimum atomic E-state index is -4.44. The molecule has 1 atom stereocenters. The summed E-state index contributed by atoms with van der Waals surface area (Å²) in [5, 5.41) is 7.04. The van der Waals surface area contributed by atoms with Crippen molar-refractivity contribution in [3.63, 3.8) is 0 Å². The van der Waals surface area contributed by atoms with Crippen LogP contribution in [0.15, 0.2) is 49.2 Å². The largest absolute Gasteiger partial charge is 0.417 e. The molecule has 11 heteroatoms. The molecule has 0 spiro atoms. The first-order chi connectivity index (χ1) is 16.0. The number of hydrogen-bond donors (Lipinski definition) is 1. The molecule has 0 radical (unpaired) electrons. The highest BCUT2D eigenvalue weighted by Gasteiger charge is 2.38. The Balaban J connectivity index is 1.32. The van der Waals surface area contributed by atoms with E-state index >= 15 is 0 Å². The Morgan fingerprint density at radius 2 is 1.91 bits per heavy atom. The van der Waals surface area contributed by atoms with Crippen LogP contribution < -0.4 is 4.90 Å². The average molecular weight is 454 g/mol. The van der Waals surface area contributed by atoms with Crippen molar-refractivity contribution in [2.75, 3.05) is 24.5 Å². The van der Waals surface area contributed by atoms with E-state index in [1.807, 2.05) is 18.5 Å². The van der Waals surface area contributed by atoms with Crippen molar-refractivity contribution in [2.45, 2.75) is 31.1 Å². The summed E-state index contributed by atoms with van der Waals surface area (Å²) in [6.45, 7) is 2.47. The van der Waals surface area contributed by atoms with Gasteiger partial charge in [0.1, 0.15) is 17.2 Å². The topological polar surface area (TPSA) is 78.2 Å². The summed E-state index contributed by atoms with van der Waals surface area (Å²) in [6, 6.07) is 5.04. The van der Waals surface area contributed by atoms with E-state index in [1.54, 1.807) is 6.20 Å². The second-order valence-electron chi connectivity index (χ2n) is 8.49. The van der Waals surface area contributed by atoms with Gasteiger partial charge in [0.15, 0.2) is 5.82 Å². The Bertz CT molecular complexity index is 1280. The first kappa shape index (κ1) is 20.2. The van der Waals surface area contributed by atoms with Crippen LogP contribution in [0.3, 0.4) is 0 Å². The van der Waals surface area contributed by atoms with Crippen LogP contribution in [0.2, 0.25) is 0 Å². The van der Waals surface area contributed by atoms with E-state index < -0.39 is 11.7 Å². The number of H-pyrrole nitrogens is 1. The minimum Gasteiger partial charge on any atom is -0.353 e. The van der Waals surface area contributed by atoms with Gasteiger partial charge in [0.2, 0.25) is 0 Å². The van der Waals surface area contributed by atoms with Crippen LogP contribution in [-0.4, -0.2) is 60.1 Å². The van der Waals surface area contributed by atoms with Gasteiger partial charge in [-0.2, -0.15) is 18.3 Å². The normalized spacial score (nSPS) is 20.0. The van der Waals surface area contributed by atoms with Crippen molar-refractivity contribution in [3.8, 4) is 11.5 Å². The van der Waals surface area contributed by atoms with Gasteiger partial charge in [0, 0.05) is 49.8 Å². The van der Waals surface area contributed by atoms with Gasteiger partial charge in [0.25, 0.3) is 0 Å². The predicted molar refractivity (Wildman–Crippen MR) is 114 cm³/mol. The van der Waals surface area contributed by atoms with Gasteiger partial charge in [0.05, 0.1) is 24.0 Å². The highest BCUT2D eigenvalue weighted by Crippen LogP contribution is 2.37. The fraction of sp³-hybridized carbons (Fsp3) is 0.364. The maximum absolute atomic E-state index is 13.2. The molecule has 1 aliphatic heterocycles. The zero-order valence-corrected chi connectivity index (χ0v) is 17.6. The van der Waals surface area contributed by atoms with Gasteiger partial charge in [-0.05, 0) is 31.0 Å². The molecule has 1 N–H and O–H groups in total. The second kappa shape index (κ2) is 7.55. The number of nitrogens with one attached hydrogen (secondary N) is 1. The van der Waals surface area contributed by atoms with Crippen molar-refractivity contribution in [3.05, 3.63) is 60.3 Å². The number of halogens is 3. The highest BCUT2D eigenvalue weighted by atomic mass is 19.4. The molecule has 4 aromatic heterocycles. The van der Waals surface area contributed by atoms with Crippen molar-refractivity contribution >= 4 is 11.5 Å². The molecule has 8 nitrogen and oxygen atoms in total. The van der Waals surface area contributed by atoms with E-state index in [0.717, 1.165) is 43.3 Å². The molecule has 33 heavy (non-hydrogen) atoms. The van der Waals surface area contributed by atoms with E-state index in [-0.39, 0.29) is 6.04 Å². The third-order valence-corrected chi connectivity index (χ3v) is 6.37. The van der Waals surface area contributed by atoms with E-state index in [4.69, 9.17) is 4.98 Å². The van der Waals surface area contributed by atoms with Gasteiger partial charge in [-0.3, -0.25) is 14.4 Å². The van der Waals surface area contributed by atoms with Gasteiger partial charge in [-0.15, -0.1) is 0 Å². The minimum absolute atomic E-state index is 0.202. The summed E-state index contributed by atoms with van der Waals surface area (Å²) < 4.78 is 41.1. The zero-order chi connectivity index (χ0) is 22.6. The van der Waals surface area contributed by atoms with E-state index in [0.29, 0.717) is 23.2 Å². The SMILES string of the molecule is FC(F)(F)c1ccc2ncc(-c3nccc(N4CCN(C5CC5)[C@@H](c5cn[nH]c5)C4)n3)n2c1. The Morgan fingerprint density at radius 3 is 2.67 bits per heavy atom. The molecular weight excluding hydrogens is 433 g/mol. The van der Waals surface area contributed by atoms with Crippen LogP contribution in [0.25, 0.3) is 17.2 Å². The number of aromatic amines is 1. The lowest BCUT2D eigenvalue weighted by molar-refractivity contribution is -0.137. The maximum atomic E-state index is 13.2. The lowest BCUT2D eigenvalue weighted by atomic mass is 10.1. The molecule has 0 unspecified atom stereocenters. The molecule has 1 aliphatic carbocycles. The van der Waals surface area contributed by atoms with Crippen LogP contribution in [0.1, 0.15) is 30.0 Å². The van der Waals surface area contributed by atoms with Crippen molar-refractivity contribution in [1.82, 2.24) is 34.4 Å². The summed E-state index contributed by atoms with van der Waals surface area (Å²) in [6.07, 6.45) is 6.00. The standard InChI is InChI=1S/C22H21F3N8/c23-22(24,25)15-1-4-19-27-11-17(33(19)12-15)21-26-6-5-20(30-21)31-7-8-32(16-2-3-16)18(13-31)14-9-28-29-10-14/h1,4-6,9-12,16,18H,2-3,7-8,13H2,(H,28,29)/t18-/m1/s1. The number of imidazole rings is 1. The van der Waals surface area contributed by atoms with Gasteiger partial charge in [-0.1, -0.05) is 0 Å². The molecule has 1 saturated heterocycles. The first-order valence-corrected chi connectivity index (χ1v) is 10.8. The number of nitrogens with zero attached hydrogens (tertiary/aromatic N) is 7. The van der Waals surface area contributed by atoms with E-state index in [1.165, 1.54) is 29.5 Å². The van der Waals surface area contributed by atoms with E-state index in [2.05, 4.69) is 30.0 Å². The molecule has 0 aromatic carbocycles. The molecule has 4 aromatic rings. The quantitative estimate of drug-likeness (QED) is 0.508. The zero-order valence-electron chi connectivity index (χ0n) is 17.6. The molecule has 2 fully saturated rings. The Labute approximate surface area is 187 Å². The van der Waals surface area contributed by atoms with Crippen LogP contribution >= 0.6 is 0 Å². The lowest BCUT2D eigenvalue weighted by Gasteiger charge is -2.42. The summed E-state index contributed by atoms with van der Waals surface area (Å²) in [5.74, 6) is 1.08. The monoisotopic (exact) mass is 454 g/mol. The maximum Gasteiger partial charge on any atom is 0.417 e. The summed E-state index contributed by atoms with van der Waals surface area (Å²) in [4.78, 5) is 18.0. The number of aromatic nitrogens is 6. The van der Waals surface area contributed by atoms with Crippen molar-refractivity contribution in [1.29, 1.82) is 0 Å². The second-order valence-corrected chi connectivity index (χ2v) is 8.49. The predicted octanol–water partition coefficient (Wildman–Crippen LogP) is 3.56. The third kappa shape index (κ3) is 3.71. The van der Waals surface area contributed by atoms with Crippen LogP contribution in [0.4, 0.5) is 19.0 Å². The summed E-state index contributed by atoms with van der Waals surface area (Å²) in [7, 11) is 0. The summed E-state index contributed by atoms with van der Waals surface area (Å²) >= 11 is 0. The van der Waals surface area contributed by atoms with Gasteiger partial charge >= 0.3 is 6.18 Å². The fourth-order valence-corrected chi connectivity index (χ4v) is 4.55. The fourth-order valence-electron chi connectivity index (χ4n) is 4.55. The molecule has 6 rings (SSSR count). The molecule has 2 aliphatic rings. The number of rotatable bonds is 4. The molecular formula is C22H21F3N8. The molecule has 0 amide bonds. The van der Waals surface area contributed by atoms with Gasteiger partial charge < -0.3 is 4.90 Å². The smallest absolute Gasteiger partial charge is 0.353 e. The Morgan fingerprint density at radius 1 is 1.03 bits per heavy atom. The lowest BCUT2D eigenvalue weighted by Crippen LogP contribution is -2.49. The molecule has 5 heterocycles. The van der Waals surface area contributed by atoms with Crippen LogP contribution in [-0.2, 0) is 6.18 Å². The van der Waals surface area contributed by atoms with Crippen LogP contribution in [0.5, 0.6) is 0 Å². The van der Waals surface area contributed by atoms with Gasteiger partial charge in [-0.25, -0.2) is 15.0 Å². The average Bonchev–Trinajstić information content (AvgIpc) is 3.34. The highest BCUT2D eigenvalue weighted by molar-refractivity contribution is 5.59. The van der Waals surface area contributed by atoms with Crippen molar-refractivity contribution < 1.29 is 13.2 Å². The molecule has 1 saturated carbocycles. The number of piperazine rings is 1. The van der Waals surface area contributed by atoms with Crippen molar-refractivity contribution in [2.24, 2.45) is 0 Å². The van der Waals surface area contributed by atoms with Crippen LogP contribution in [0, 0.1) is 0 Å². The number of hydrogen-bond acceptors (Lipinski definition) is 6. The molecule has 170 valence electrons. The Kier molecular flexibility index (Phi) is 4.61. The third-order valence-electron chi connectivity index (χ3n) is 6.37. The first-order valence-electron chi connectivity index (χ1n) is 10.8. The van der Waals surface area contributed by atoms with E-state index in [9.17, 15) is 13.2 Å². The number of fused-ring (bicyclic) bond motifs is 1.